The third-order valence-electron chi connectivity index (χ3n) is 3.37. The van der Waals surface area contributed by atoms with Gasteiger partial charge in [-0.2, -0.15) is 0 Å². The Balaban J connectivity index is 2.14. The fourth-order valence-corrected chi connectivity index (χ4v) is 2.96. The normalized spacial score (nSPS) is 12.0. The monoisotopic (exact) mass is 335 g/mol. The highest BCUT2D eigenvalue weighted by Gasteiger charge is 2.19. The lowest BCUT2D eigenvalue weighted by atomic mass is 10.2. The van der Waals surface area contributed by atoms with Crippen LogP contribution >= 0.6 is 11.8 Å². The van der Waals surface area contributed by atoms with Gasteiger partial charge in [-0.05, 0) is 32.4 Å². The molecule has 0 radical (unpaired) electrons. The molecule has 0 aliphatic heterocycles. The first-order chi connectivity index (χ1) is 11.1. The maximum atomic E-state index is 11.3. The van der Waals surface area contributed by atoms with Gasteiger partial charge in [0, 0.05) is 6.54 Å². The molecule has 0 amide bonds. The first kappa shape index (κ1) is 17.3. The van der Waals surface area contributed by atoms with Crippen molar-refractivity contribution in [2.45, 2.75) is 38.6 Å². The van der Waals surface area contributed by atoms with Crippen LogP contribution in [-0.2, 0) is 16.1 Å². The van der Waals surface area contributed by atoms with Crippen molar-refractivity contribution in [3.8, 4) is 5.75 Å². The van der Waals surface area contributed by atoms with Crippen LogP contribution in [-0.4, -0.2) is 33.6 Å². The molecule has 0 saturated heterocycles. The minimum absolute atomic E-state index is 0.210. The molecule has 124 valence electrons. The van der Waals surface area contributed by atoms with Crippen molar-refractivity contribution >= 4 is 17.7 Å². The lowest BCUT2D eigenvalue weighted by Crippen LogP contribution is -2.13. The average molecular weight is 335 g/mol. The lowest BCUT2D eigenvalue weighted by Gasteiger charge is -2.16. The molecule has 0 saturated carbocycles. The summed E-state index contributed by atoms with van der Waals surface area (Å²) in [4.78, 5) is 11.3. The first-order valence-corrected chi connectivity index (χ1v) is 8.40. The van der Waals surface area contributed by atoms with Gasteiger partial charge in [-0.25, -0.2) is 0 Å². The van der Waals surface area contributed by atoms with E-state index >= 15 is 0 Å². The van der Waals surface area contributed by atoms with Crippen LogP contribution in [0.1, 0.15) is 31.3 Å². The second-order valence-electron chi connectivity index (χ2n) is 4.98. The highest BCUT2D eigenvalue weighted by molar-refractivity contribution is 7.99. The molecule has 1 aromatic heterocycles. The third kappa shape index (κ3) is 4.25. The number of esters is 1. The summed E-state index contributed by atoms with van der Waals surface area (Å²) in [7, 11) is 1.37. The molecule has 0 aliphatic carbocycles. The molecule has 0 bridgehead atoms. The van der Waals surface area contributed by atoms with E-state index < -0.39 is 0 Å². The van der Waals surface area contributed by atoms with Gasteiger partial charge in [0.05, 0.1) is 12.9 Å². The van der Waals surface area contributed by atoms with Crippen molar-refractivity contribution in [1.29, 1.82) is 0 Å². The zero-order chi connectivity index (χ0) is 16.8. The number of nitrogens with zero attached hydrogens (tertiary/aromatic N) is 3. The first-order valence-electron chi connectivity index (χ1n) is 7.41. The Kier molecular flexibility index (Phi) is 6.04. The van der Waals surface area contributed by atoms with E-state index in [1.54, 1.807) is 0 Å². The van der Waals surface area contributed by atoms with Crippen LogP contribution in [0.4, 0.5) is 0 Å². The summed E-state index contributed by atoms with van der Waals surface area (Å²) < 4.78 is 12.6. The number of aromatic nitrogens is 3. The van der Waals surface area contributed by atoms with E-state index in [2.05, 4.69) is 14.9 Å². The summed E-state index contributed by atoms with van der Waals surface area (Å²) in [5.41, 5.74) is 1.07. The van der Waals surface area contributed by atoms with Gasteiger partial charge in [0.1, 0.15) is 5.75 Å². The molecule has 0 spiro atoms. The SMILES string of the molecule is CCn1c(SCC(=O)OC)nnc1C(C)Oc1ccccc1C. The van der Waals surface area contributed by atoms with Crippen LogP contribution in [0.5, 0.6) is 5.75 Å². The molecule has 1 unspecified atom stereocenters. The minimum atomic E-state index is -0.286. The van der Waals surface area contributed by atoms with Crippen LogP contribution in [0.2, 0.25) is 0 Å². The van der Waals surface area contributed by atoms with Crippen LogP contribution in [0, 0.1) is 6.92 Å². The van der Waals surface area contributed by atoms with Crippen LogP contribution in [0.3, 0.4) is 0 Å². The molecule has 0 N–H and O–H groups in total. The largest absolute Gasteiger partial charge is 0.482 e. The second kappa shape index (κ2) is 8.01. The Morgan fingerprint density at radius 3 is 2.74 bits per heavy atom. The zero-order valence-corrected chi connectivity index (χ0v) is 14.6. The fourth-order valence-electron chi connectivity index (χ4n) is 2.12. The van der Waals surface area contributed by atoms with Gasteiger partial charge >= 0.3 is 5.97 Å². The summed E-state index contributed by atoms with van der Waals surface area (Å²) in [5, 5.41) is 9.09. The molecule has 1 aromatic carbocycles. The molecule has 0 fully saturated rings. The molecule has 2 aromatic rings. The number of ether oxygens (including phenoxy) is 2. The van der Waals surface area contributed by atoms with Crippen molar-refractivity contribution in [2.75, 3.05) is 12.9 Å². The summed E-state index contributed by atoms with van der Waals surface area (Å²) in [6, 6.07) is 7.86. The van der Waals surface area contributed by atoms with E-state index in [4.69, 9.17) is 4.74 Å². The zero-order valence-electron chi connectivity index (χ0n) is 13.8. The van der Waals surface area contributed by atoms with E-state index in [1.807, 2.05) is 49.6 Å². The predicted molar refractivity (Wildman–Crippen MR) is 88.7 cm³/mol. The molecule has 1 heterocycles. The maximum Gasteiger partial charge on any atom is 0.316 e. The number of benzene rings is 1. The summed E-state index contributed by atoms with van der Waals surface area (Å²) in [5.74, 6) is 1.49. The topological polar surface area (TPSA) is 66.2 Å². The number of hydrogen-bond donors (Lipinski definition) is 0. The van der Waals surface area contributed by atoms with E-state index in [0.29, 0.717) is 11.7 Å². The lowest BCUT2D eigenvalue weighted by molar-refractivity contribution is -0.137. The highest BCUT2D eigenvalue weighted by atomic mass is 32.2. The van der Waals surface area contributed by atoms with Crippen molar-refractivity contribution in [3.63, 3.8) is 0 Å². The quantitative estimate of drug-likeness (QED) is 0.572. The molecular formula is C16H21N3O3S. The molecule has 6 nitrogen and oxygen atoms in total. The number of rotatable bonds is 7. The smallest absolute Gasteiger partial charge is 0.316 e. The van der Waals surface area contributed by atoms with E-state index in [1.165, 1.54) is 18.9 Å². The van der Waals surface area contributed by atoms with Gasteiger partial charge in [-0.3, -0.25) is 4.79 Å². The van der Waals surface area contributed by atoms with E-state index in [0.717, 1.165) is 17.1 Å². The number of thioether (sulfide) groups is 1. The Hall–Kier alpha value is -2.02. The van der Waals surface area contributed by atoms with Crippen molar-refractivity contribution in [2.24, 2.45) is 0 Å². The second-order valence-corrected chi connectivity index (χ2v) is 5.92. The summed E-state index contributed by atoms with van der Waals surface area (Å²) >= 11 is 1.31. The number of carbonyl (C=O) groups excluding carboxylic acids is 1. The summed E-state index contributed by atoms with van der Waals surface area (Å²) in [6.07, 6.45) is -0.240. The Labute approximate surface area is 140 Å². The maximum absolute atomic E-state index is 11.3. The third-order valence-corrected chi connectivity index (χ3v) is 4.31. The summed E-state index contributed by atoms with van der Waals surface area (Å²) in [6.45, 7) is 6.66. The molecule has 0 aliphatic rings. The predicted octanol–water partition coefficient (Wildman–Crippen LogP) is 3.01. The van der Waals surface area contributed by atoms with Gasteiger partial charge in [0.2, 0.25) is 0 Å². The van der Waals surface area contributed by atoms with Crippen molar-refractivity contribution in [1.82, 2.24) is 14.8 Å². The molecule has 1 atom stereocenters. The van der Waals surface area contributed by atoms with E-state index in [9.17, 15) is 4.79 Å². The van der Waals surface area contributed by atoms with Gasteiger partial charge in [-0.15, -0.1) is 10.2 Å². The van der Waals surface area contributed by atoms with Crippen LogP contribution < -0.4 is 4.74 Å². The average Bonchev–Trinajstić information content (AvgIpc) is 2.97. The number of aryl methyl sites for hydroxylation is 1. The number of methoxy groups -OCH3 is 1. The van der Waals surface area contributed by atoms with Gasteiger partial charge in [0.15, 0.2) is 17.1 Å². The Morgan fingerprint density at radius 2 is 2.09 bits per heavy atom. The Bertz CT molecular complexity index is 672. The molecular weight excluding hydrogens is 314 g/mol. The molecule has 23 heavy (non-hydrogen) atoms. The number of para-hydroxylation sites is 1. The van der Waals surface area contributed by atoms with Crippen molar-refractivity contribution in [3.05, 3.63) is 35.7 Å². The standard InChI is InChI=1S/C16H21N3O3S/c1-5-19-15(17-18-16(19)23-10-14(20)21-4)12(3)22-13-9-7-6-8-11(13)2/h6-9,12H,5,10H2,1-4H3. The van der Waals surface area contributed by atoms with E-state index in [-0.39, 0.29) is 17.8 Å². The highest BCUT2D eigenvalue weighted by Crippen LogP contribution is 2.26. The molecule has 2 rings (SSSR count). The fraction of sp³-hybridized carbons (Fsp3) is 0.438. The van der Waals surface area contributed by atoms with Crippen LogP contribution in [0.25, 0.3) is 0 Å². The Morgan fingerprint density at radius 1 is 1.35 bits per heavy atom. The van der Waals surface area contributed by atoms with Crippen LogP contribution in [0.15, 0.2) is 29.4 Å². The van der Waals surface area contributed by atoms with Gasteiger partial charge in [-0.1, -0.05) is 30.0 Å². The van der Waals surface area contributed by atoms with Gasteiger partial charge < -0.3 is 14.0 Å². The molecule has 7 heteroatoms. The van der Waals surface area contributed by atoms with Crippen molar-refractivity contribution < 1.29 is 14.3 Å². The minimum Gasteiger partial charge on any atom is -0.482 e. The number of carbonyl (C=O) groups is 1. The van der Waals surface area contributed by atoms with Gasteiger partial charge in [0.25, 0.3) is 0 Å². The number of hydrogen-bond acceptors (Lipinski definition) is 6.